The molecule has 0 radical (unpaired) electrons. The SMILES string of the molecule is COc1ccc(Nc2ncccc2C=O)c(C)c1. The van der Waals surface area contributed by atoms with Gasteiger partial charge in [0, 0.05) is 11.9 Å². The predicted octanol–water partition coefficient (Wildman–Crippen LogP) is 2.95. The van der Waals surface area contributed by atoms with Crippen LogP contribution in [0.5, 0.6) is 5.75 Å². The van der Waals surface area contributed by atoms with Gasteiger partial charge in [-0.2, -0.15) is 0 Å². The molecular weight excluding hydrogens is 228 g/mol. The van der Waals surface area contributed by atoms with Gasteiger partial charge in [0.2, 0.25) is 0 Å². The summed E-state index contributed by atoms with van der Waals surface area (Å²) in [5, 5.41) is 3.15. The number of pyridine rings is 1. The summed E-state index contributed by atoms with van der Waals surface area (Å²) in [4.78, 5) is 15.1. The average Bonchev–Trinajstić information content (AvgIpc) is 2.41. The molecule has 0 saturated heterocycles. The van der Waals surface area contributed by atoms with E-state index < -0.39 is 0 Å². The number of hydrogen-bond acceptors (Lipinski definition) is 4. The van der Waals surface area contributed by atoms with Gasteiger partial charge in [-0.3, -0.25) is 4.79 Å². The summed E-state index contributed by atoms with van der Waals surface area (Å²) >= 11 is 0. The molecule has 92 valence electrons. The molecule has 4 heteroatoms. The molecule has 0 aliphatic carbocycles. The summed E-state index contributed by atoms with van der Waals surface area (Å²) in [5.41, 5.74) is 2.46. The topological polar surface area (TPSA) is 51.2 Å². The number of benzene rings is 1. The number of aldehydes is 1. The number of carbonyl (C=O) groups is 1. The maximum atomic E-state index is 10.9. The molecule has 18 heavy (non-hydrogen) atoms. The summed E-state index contributed by atoms with van der Waals surface area (Å²) in [5.74, 6) is 1.36. The van der Waals surface area contributed by atoms with Gasteiger partial charge in [0.15, 0.2) is 6.29 Å². The third kappa shape index (κ3) is 2.48. The van der Waals surface area contributed by atoms with E-state index in [9.17, 15) is 4.79 Å². The predicted molar refractivity (Wildman–Crippen MR) is 70.6 cm³/mol. The van der Waals surface area contributed by atoms with Crippen LogP contribution in [-0.2, 0) is 0 Å². The van der Waals surface area contributed by atoms with Crippen molar-refractivity contribution in [2.24, 2.45) is 0 Å². The Hall–Kier alpha value is -2.36. The molecule has 1 heterocycles. The van der Waals surface area contributed by atoms with Crippen molar-refractivity contribution < 1.29 is 9.53 Å². The number of nitrogens with zero attached hydrogens (tertiary/aromatic N) is 1. The van der Waals surface area contributed by atoms with Crippen LogP contribution in [0.3, 0.4) is 0 Å². The fraction of sp³-hybridized carbons (Fsp3) is 0.143. The lowest BCUT2D eigenvalue weighted by Crippen LogP contribution is -1.99. The van der Waals surface area contributed by atoms with E-state index in [-0.39, 0.29) is 0 Å². The first-order chi connectivity index (χ1) is 8.74. The zero-order chi connectivity index (χ0) is 13.0. The number of nitrogens with one attached hydrogen (secondary N) is 1. The second-order valence-electron chi connectivity index (χ2n) is 3.86. The lowest BCUT2D eigenvalue weighted by Gasteiger charge is -2.11. The molecule has 1 N–H and O–H groups in total. The van der Waals surface area contributed by atoms with Crippen LogP contribution in [0.1, 0.15) is 15.9 Å². The Morgan fingerprint density at radius 1 is 1.33 bits per heavy atom. The molecular formula is C14H14N2O2. The summed E-state index contributed by atoms with van der Waals surface area (Å²) in [7, 11) is 1.63. The molecule has 0 atom stereocenters. The Bertz CT molecular complexity index is 567. The molecule has 0 bridgehead atoms. The maximum absolute atomic E-state index is 10.9. The third-order valence-electron chi connectivity index (χ3n) is 2.65. The average molecular weight is 242 g/mol. The number of hydrogen-bond donors (Lipinski definition) is 1. The standard InChI is InChI=1S/C14H14N2O2/c1-10-8-12(18-2)5-6-13(10)16-14-11(9-17)4-3-7-15-14/h3-9H,1-2H3,(H,15,16). The first kappa shape index (κ1) is 12.1. The molecule has 0 aliphatic rings. The number of methoxy groups -OCH3 is 1. The van der Waals surface area contributed by atoms with Crippen molar-refractivity contribution in [3.8, 4) is 5.75 Å². The highest BCUT2D eigenvalue weighted by molar-refractivity contribution is 5.84. The first-order valence-electron chi connectivity index (χ1n) is 5.56. The number of aromatic nitrogens is 1. The molecule has 0 fully saturated rings. The zero-order valence-electron chi connectivity index (χ0n) is 10.3. The molecule has 4 nitrogen and oxygen atoms in total. The molecule has 0 saturated carbocycles. The molecule has 0 amide bonds. The Morgan fingerprint density at radius 2 is 2.17 bits per heavy atom. The van der Waals surface area contributed by atoms with Gasteiger partial charge in [0.1, 0.15) is 11.6 Å². The van der Waals surface area contributed by atoms with E-state index in [1.807, 2.05) is 25.1 Å². The highest BCUT2D eigenvalue weighted by atomic mass is 16.5. The quantitative estimate of drug-likeness (QED) is 0.837. The maximum Gasteiger partial charge on any atom is 0.153 e. The second kappa shape index (κ2) is 5.31. The Labute approximate surface area is 106 Å². The summed E-state index contributed by atoms with van der Waals surface area (Å²) in [6, 6.07) is 9.14. The van der Waals surface area contributed by atoms with Gasteiger partial charge in [-0.05, 0) is 42.8 Å². The van der Waals surface area contributed by atoms with E-state index >= 15 is 0 Å². The molecule has 2 rings (SSSR count). The van der Waals surface area contributed by atoms with Crippen LogP contribution in [0.2, 0.25) is 0 Å². The van der Waals surface area contributed by atoms with Crippen molar-refractivity contribution in [3.05, 3.63) is 47.7 Å². The van der Waals surface area contributed by atoms with Crippen LogP contribution in [0.15, 0.2) is 36.5 Å². The smallest absolute Gasteiger partial charge is 0.153 e. The van der Waals surface area contributed by atoms with E-state index in [1.165, 1.54) is 0 Å². The number of anilines is 2. The van der Waals surface area contributed by atoms with E-state index in [4.69, 9.17) is 4.74 Å². The number of rotatable bonds is 4. The summed E-state index contributed by atoms with van der Waals surface area (Å²) in [6.45, 7) is 1.97. The van der Waals surface area contributed by atoms with Crippen molar-refractivity contribution in [2.75, 3.05) is 12.4 Å². The molecule has 0 spiro atoms. The van der Waals surface area contributed by atoms with Crippen LogP contribution in [0.4, 0.5) is 11.5 Å². The number of carbonyl (C=O) groups excluding carboxylic acids is 1. The molecule has 2 aromatic rings. The highest BCUT2D eigenvalue weighted by Crippen LogP contribution is 2.24. The van der Waals surface area contributed by atoms with Gasteiger partial charge in [-0.15, -0.1) is 0 Å². The number of ether oxygens (including phenoxy) is 1. The Balaban J connectivity index is 2.31. The third-order valence-corrected chi connectivity index (χ3v) is 2.65. The van der Waals surface area contributed by atoms with Crippen LogP contribution < -0.4 is 10.1 Å². The fourth-order valence-corrected chi connectivity index (χ4v) is 1.65. The van der Waals surface area contributed by atoms with Crippen molar-refractivity contribution in [1.82, 2.24) is 4.98 Å². The van der Waals surface area contributed by atoms with Gasteiger partial charge in [0.25, 0.3) is 0 Å². The summed E-state index contributed by atoms with van der Waals surface area (Å²) in [6.07, 6.45) is 2.43. The van der Waals surface area contributed by atoms with Gasteiger partial charge >= 0.3 is 0 Å². The molecule has 1 aromatic carbocycles. The van der Waals surface area contributed by atoms with Gasteiger partial charge < -0.3 is 10.1 Å². The van der Waals surface area contributed by atoms with E-state index in [0.717, 1.165) is 23.3 Å². The molecule has 0 aliphatic heterocycles. The second-order valence-corrected chi connectivity index (χ2v) is 3.86. The van der Waals surface area contributed by atoms with Crippen molar-refractivity contribution in [3.63, 3.8) is 0 Å². The minimum atomic E-state index is 0.535. The van der Waals surface area contributed by atoms with Gasteiger partial charge in [-0.25, -0.2) is 4.98 Å². The van der Waals surface area contributed by atoms with E-state index in [1.54, 1.807) is 25.4 Å². The number of aryl methyl sites for hydroxylation is 1. The highest BCUT2D eigenvalue weighted by Gasteiger charge is 2.05. The summed E-state index contributed by atoms with van der Waals surface area (Å²) < 4.78 is 5.15. The monoisotopic (exact) mass is 242 g/mol. The first-order valence-corrected chi connectivity index (χ1v) is 5.56. The molecule has 1 aromatic heterocycles. The van der Waals surface area contributed by atoms with Crippen LogP contribution >= 0.6 is 0 Å². The van der Waals surface area contributed by atoms with E-state index in [0.29, 0.717) is 11.4 Å². The largest absolute Gasteiger partial charge is 0.497 e. The zero-order valence-corrected chi connectivity index (χ0v) is 10.3. The normalized spacial score (nSPS) is 9.89. The van der Waals surface area contributed by atoms with Crippen LogP contribution in [0.25, 0.3) is 0 Å². The van der Waals surface area contributed by atoms with Gasteiger partial charge in [-0.1, -0.05) is 0 Å². The van der Waals surface area contributed by atoms with E-state index in [2.05, 4.69) is 10.3 Å². The lowest BCUT2D eigenvalue weighted by molar-refractivity contribution is 0.112. The minimum absolute atomic E-state index is 0.535. The lowest BCUT2D eigenvalue weighted by atomic mass is 10.2. The Kier molecular flexibility index (Phi) is 3.57. The van der Waals surface area contributed by atoms with Crippen LogP contribution in [0, 0.1) is 6.92 Å². The minimum Gasteiger partial charge on any atom is -0.497 e. The van der Waals surface area contributed by atoms with Crippen molar-refractivity contribution in [2.45, 2.75) is 6.92 Å². The van der Waals surface area contributed by atoms with Gasteiger partial charge in [0.05, 0.1) is 12.7 Å². The van der Waals surface area contributed by atoms with Crippen LogP contribution in [-0.4, -0.2) is 18.4 Å². The Morgan fingerprint density at radius 3 is 2.83 bits per heavy atom. The van der Waals surface area contributed by atoms with Crippen molar-refractivity contribution >= 4 is 17.8 Å². The molecule has 0 unspecified atom stereocenters. The van der Waals surface area contributed by atoms with Crippen molar-refractivity contribution in [1.29, 1.82) is 0 Å². The fourth-order valence-electron chi connectivity index (χ4n) is 1.65.